The summed E-state index contributed by atoms with van der Waals surface area (Å²) in [5, 5.41) is 11.2. The minimum Gasteiger partial charge on any atom is -0.385 e. The molecule has 2 rings (SSSR count). The van der Waals surface area contributed by atoms with E-state index in [1.165, 1.54) is 12.0 Å². The molecule has 0 amide bonds. The summed E-state index contributed by atoms with van der Waals surface area (Å²) in [6, 6.07) is 0. The second kappa shape index (κ2) is 12.2. The zero-order valence-electron chi connectivity index (χ0n) is 19.8. The summed E-state index contributed by atoms with van der Waals surface area (Å²) in [5.41, 5.74) is 2.81. The van der Waals surface area contributed by atoms with Crippen molar-refractivity contribution in [3.63, 3.8) is 0 Å². The van der Waals surface area contributed by atoms with Crippen LogP contribution in [0.15, 0.2) is 30.0 Å². The van der Waals surface area contributed by atoms with Crippen LogP contribution in [0.2, 0.25) is 0 Å². The van der Waals surface area contributed by atoms with E-state index < -0.39 is 5.60 Å². The van der Waals surface area contributed by atoms with Crippen LogP contribution in [0.1, 0.15) is 91.9 Å². The second-order valence-electron chi connectivity index (χ2n) is 9.70. The largest absolute Gasteiger partial charge is 0.385 e. The third kappa shape index (κ3) is 7.66. The topological polar surface area (TPSA) is 47.9 Å². The number of aliphatic hydroxyl groups is 1. The summed E-state index contributed by atoms with van der Waals surface area (Å²) >= 11 is 0. The molecule has 2 aliphatic rings. The predicted molar refractivity (Wildman–Crippen MR) is 122 cm³/mol. The average molecular weight is 421 g/mol. The van der Waals surface area contributed by atoms with Gasteiger partial charge in [-0.05, 0) is 90.6 Å². The summed E-state index contributed by atoms with van der Waals surface area (Å²) in [5.74, 6) is 0.109. The number of hydrogen-bond acceptors (Lipinski definition) is 4. The molecule has 30 heavy (non-hydrogen) atoms. The van der Waals surface area contributed by atoms with Crippen molar-refractivity contribution in [3.05, 3.63) is 30.0 Å². The van der Waals surface area contributed by atoms with E-state index >= 15 is 0 Å². The van der Waals surface area contributed by atoms with Gasteiger partial charge in [-0.3, -0.25) is 0 Å². The van der Waals surface area contributed by atoms with Gasteiger partial charge in [-0.25, -0.2) is 0 Å². The second-order valence-corrected chi connectivity index (χ2v) is 9.70. The minimum atomic E-state index is -0.907. The van der Waals surface area contributed by atoms with Gasteiger partial charge in [0.15, 0.2) is 6.29 Å². The first-order chi connectivity index (χ1) is 14.3. The Balaban J connectivity index is 1.97. The summed E-state index contributed by atoms with van der Waals surface area (Å²) in [4.78, 5) is 0. The van der Waals surface area contributed by atoms with E-state index in [0.717, 1.165) is 64.6 Å². The van der Waals surface area contributed by atoms with Crippen LogP contribution in [0.3, 0.4) is 0 Å². The molecule has 0 aromatic rings. The van der Waals surface area contributed by atoms with Crippen molar-refractivity contribution in [1.82, 2.24) is 0 Å². The molecule has 2 saturated heterocycles. The third-order valence-electron chi connectivity index (χ3n) is 6.78. The molecule has 0 bridgehead atoms. The van der Waals surface area contributed by atoms with E-state index in [9.17, 15) is 5.11 Å². The van der Waals surface area contributed by atoms with Crippen molar-refractivity contribution in [2.24, 2.45) is 5.92 Å². The smallest absolute Gasteiger partial charge is 0.158 e. The van der Waals surface area contributed by atoms with Crippen molar-refractivity contribution < 1.29 is 19.3 Å². The Labute approximate surface area is 184 Å². The Morgan fingerprint density at radius 2 is 2.00 bits per heavy atom. The molecule has 5 atom stereocenters. The highest BCUT2D eigenvalue weighted by atomic mass is 16.7. The van der Waals surface area contributed by atoms with E-state index in [-0.39, 0.29) is 23.9 Å². The number of allylic oxidation sites excluding steroid dienone is 1. The molecule has 4 heteroatoms. The van der Waals surface area contributed by atoms with Gasteiger partial charge in [0.2, 0.25) is 0 Å². The summed E-state index contributed by atoms with van der Waals surface area (Å²) in [7, 11) is 0. The van der Waals surface area contributed by atoms with Crippen molar-refractivity contribution >= 4 is 0 Å². The van der Waals surface area contributed by atoms with E-state index in [0.29, 0.717) is 6.42 Å². The molecule has 0 aromatic heterocycles. The van der Waals surface area contributed by atoms with Crippen molar-refractivity contribution in [3.8, 4) is 0 Å². The Morgan fingerprint density at radius 3 is 2.67 bits per heavy atom. The molecule has 0 radical (unpaired) electrons. The van der Waals surface area contributed by atoms with Crippen LogP contribution < -0.4 is 0 Å². The molecular formula is C26H44O4. The summed E-state index contributed by atoms with van der Waals surface area (Å²) in [6.07, 6.45) is 13.7. The lowest BCUT2D eigenvalue weighted by molar-refractivity contribution is -0.233. The van der Waals surface area contributed by atoms with Gasteiger partial charge in [0, 0.05) is 13.2 Å². The maximum atomic E-state index is 11.2. The van der Waals surface area contributed by atoms with Crippen LogP contribution in [-0.2, 0) is 14.2 Å². The lowest BCUT2D eigenvalue weighted by Gasteiger charge is -2.39. The number of ether oxygens (including phenoxy) is 3. The van der Waals surface area contributed by atoms with Crippen LogP contribution in [0.4, 0.5) is 0 Å². The van der Waals surface area contributed by atoms with Crippen molar-refractivity contribution in [2.45, 2.75) is 115 Å². The van der Waals surface area contributed by atoms with Crippen LogP contribution in [-0.4, -0.2) is 41.9 Å². The Morgan fingerprint density at radius 1 is 1.27 bits per heavy atom. The first kappa shape index (κ1) is 25.4. The predicted octanol–water partition coefficient (Wildman–Crippen LogP) is 6.09. The quantitative estimate of drug-likeness (QED) is 0.343. The summed E-state index contributed by atoms with van der Waals surface area (Å²) < 4.78 is 18.6. The maximum Gasteiger partial charge on any atom is 0.158 e. The Hall–Kier alpha value is -0.900. The maximum absolute atomic E-state index is 11.2. The zero-order chi connectivity index (χ0) is 22.0. The normalized spacial score (nSPS) is 30.4. The zero-order valence-corrected chi connectivity index (χ0v) is 19.8. The highest BCUT2D eigenvalue weighted by Crippen LogP contribution is 2.35. The van der Waals surface area contributed by atoms with Gasteiger partial charge in [0.1, 0.15) is 0 Å². The first-order valence-electron chi connectivity index (χ1n) is 11.9. The number of rotatable bonds is 10. The highest BCUT2D eigenvalue weighted by molar-refractivity contribution is 5.08. The Bertz CT molecular complexity index is 584. The van der Waals surface area contributed by atoms with Crippen LogP contribution in [0, 0.1) is 5.92 Å². The van der Waals surface area contributed by atoms with E-state index in [1.54, 1.807) is 6.08 Å². The molecule has 5 unspecified atom stereocenters. The molecule has 2 heterocycles. The average Bonchev–Trinajstić information content (AvgIpc) is 2.89. The van der Waals surface area contributed by atoms with Gasteiger partial charge in [-0.1, -0.05) is 31.6 Å². The molecule has 2 fully saturated rings. The molecule has 4 nitrogen and oxygen atoms in total. The minimum absolute atomic E-state index is 0.0658. The molecule has 172 valence electrons. The van der Waals surface area contributed by atoms with Gasteiger partial charge >= 0.3 is 0 Å². The molecule has 2 aliphatic heterocycles. The van der Waals surface area contributed by atoms with Crippen LogP contribution in [0.5, 0.6) is 0 Å². The van der Waals surface area contributed by atoms with Gasteiger partial charge in [-0.2, -0.15) is 0 Å². The SMILES string of the molecule is C=C=CC(O)(CC=C(C)C)C(C)CCCC1(C)OCCCCC1OC1CCCCO1. The van der Waals surface area contributed by atoms with Gasteiger partial charge in [0.25, 0.3) is 0 Å². The standard InChI is InChI=1S/C26H44O4/c1-6-16-26(27,18-15-21(2)3)22(4)12-11-17-25(5)23(13-7-10-20-29-25)30-24-14-8-9-19-28-24/h15-16,22-24,27H,1,7-14,17-20H2,2-5H3. The molecule has 1 N–H and O–H groups in total. The summed E-state index contributed by atoms with van der Waals surface area (Å²) in [6.45, 7) is 13.7. The lowest BCUT2D eigenvalue weighted by Crippen LogP contribution is -2.45. The lowest BCUT2D eigenvalue weighted by atomic mass is 9.80. The highest BCUT2D eigenvalue weighted by Gasteiger charge is 2.39. The molecule has 0 aromatic carbocycles. The monoisotopic (exact) mass is 420 g/mol. The van der Waals surface area contributed by atoms with E-state index in [1.807, 2.05) is 0 Å². The molecule has 0 aliphatic carbocycles. The fraction of sp³-hybridized carbons (Fsp3) is 0.808. The van der Waals surface area contributed by atoms with Crippen LogP contribution >= 0.6 is 0 Å². The Kier molecular flexibility index (Phi) is 10.3. The third-order valence-corrected chi connectivity index (χ3v) is 6.78. The molecule has 0 saturated carbocycles. The molecular weight excluding hydrogens is 376 g/mol. The molecule has 0 spiro atoms. The van der Waals surface area contributed by atoms with Crippen molar-refractivity contribution in [2.75, 3.05) is 13.2 Å². The van der Waals surface area contributed by atoms with Gasteiger partial charge in [0.05, 0.1) is 17.3 Å². The van der Waals surface area contributed by atoms with Gasteiger partial charge in [-0.15, -0.1) is 5.73 Å². The van der Waals surface area contributed by atoms with E-state index in [2.05, 4.69) is 46.1 Å². The van der Waals surface area contributed by atoms with Crippen LogP contribution in [0.25, 0.3) is 0 Å². The van der Waals surface area contributed by atoms with E-state index in [4.69, 9.17) is 14.2 Å². The van der Waals surface area contributed by atoms with Crippen molar-refractivity contribution in [1.29, 1.82) is 0 Å². The fourth-order valence-corrected chi connectivity index (χ4v) is 4.54. The fourth-order valence-electron chi connectivity index (χ4n) is 4.54. The first-order valence-corrected chi connectivity index (χ1v) is 11.9. The number of hydrogen-bond donors (Lipinski definition) is 1. The van der Waals surface area contributed by atoms with Gasteiger partial charge < -0.3 is 19.3 Å².